The van der Waals surface area contributed by atoms with Crippen molar-refractivity contribution in [2.45, 2.75) is 13.3 Å². The van der Waals surface area contributed by atoms with Gasteiger partial charge in [0.25, 0.3) is 0 Å². The van der Waals surface area contributed by atoms with E-state index in [2.05, 4.69) is 11.5 Å². The van der Waals surface area contributed by atoms with Crippen LogP contribution < -0.4 is 4.90 Å². The molecule has 0 bridgehead atoms. The van der Waals surface area contributed by atoms with Gasteiger partial charge in [-0.05, 0) is 37.1 Å². The maximum Gasteiger partial charge on any atom is 0.328 e. The maximum atomic E-state index is 10.6. The molecule has 0 amide bonds. The van der Waals surface area contributed by atoms with Crippen molar-refractivity contribution < 1.29 is 9.90 Å². The van der Waals surface area contributed by atoms with Crippen LogP contribution in [0.1, 0.15) is 17.5 Å². The fourth-order valence-corrected chi connectivity index (χ4v) is 1.72. The molecule has 0 fully saturated rings. The predicted molar refractivity (Wildman–Crippen MR) is 75.9 cm³/mol. The largest absolute Gasteiger partial charge is 0.478 e. The van der Waals surface area contributed by atoms with Crippen LogP contribution >= 0.6 is 0 Å². The van der Waals surface area contributed by atoms with Gasteiger partial charge in [-0.25, -0.2) is 4.79 Å². The minimum Gasteiger partial charge on any atom is -0.478 e. The van der Waals surface area contributed by atoms with E-state index >= 15 is 0 Å². The molecule has 0 saturated heterocycles. The molecule has 3 nitrogen and oxygen atoms in total. The van der Waals surface area contributed by atoms with Crippen LogP contribution in [0.2, 0.25) is 0 Å². The number of carboxylic acids is 1. The van der Waals surface area contributed by atoms with E-state index in [-0.39, 0.29) is 0 Å². The van der Waals surface area contributed by atoms with Gasteiger partial charge < -0.3 is 10.0 Å². The lowest BCUT2D eigenvalue weighted by atomic mass is 10.1. The molecule has 1 aromatic rings. The number of nitrogens with zero attached hydrogens (tertiary/aromatic N) is 1. The molecule has 0 atom stereocenters. The first-order valence-corrected chi connectivity index (χ1v) is 5.88. The second kappa shape index (κ2) is 6.64. The van der Waals surface area contributed by atoms with Crippen LogP contribution in [0, 0.1) is 6.92 Å². The Morgan fingerprint density at radius 3 is 2.83 bits per heavy atom. The number of hydrogen-bond donors (Lipinski definition) is 1. The summed E-state index contributed by atoms with van der Waals surface area (Å²) in [6.45, 7) is 6.56. The summed E-state index contributed by atoms with van der Waals surface area (Å²) in [5.74, 6) is -0.934. The number of rotatable bonds is 6. The molecule has 0 aliphatic heterocycles. The van der Waals surface area contributed by atoms with Crippen molar-refractivity contribution in [3.63, 3.8) is 0 Å². The highest BCUT2D eigenvalue weighted by molar-refractivity contribution is 5.87. The van der Waals surface area contributed by atoms with E-state index in [0.717, 1.165) is 29.8 Å². The summed E-state index contributed by atoms with van der Waals surface area (Å²) in [6.07, 6.45) is 5.57. The number of anilines is 1. The van der Waals surface area contributed by atoms with Crippen molar-refractivity contribution in [2.75, 3.05) is 18.5 Å². The highest BCUT2D eigenvalue weighted by atomic mass is 16.4. The first-order chi connectivity index (χ1) is 8.54. The van der Waals surface area contributed by atoms with Crippen molar-refractivity contribution >= 4 is 17.7 Å². The molecule has 0 unspecified atom stereocenters. The van der Waals surface area contributed by atoms with E-state index in [1.807, 2.05) is 38.2 Å². The minimum absolute atomic E-state index is 0.862. The van der Waals surface area contributed by atoms with Gasteiger partial charge >= 0.3 is 5.97 Å². The van der Waals surface area contributed by atoms with Crippen LogP contribution in [0.25, 0.3) is 6.08 Å². The molecular formula is C15H19NO2. The van der Waals surface area contributed by atoms with Crippen molar-refractivity contribution in [1.82, 2.24) is 0 Å². The Hall–Kier alpha value is -2.03. The summed E-state index contributed by atoms with van der Waals surface area (Å²) in [4.78, 5) is 12.7. The lowest BCUT2D eigenvalue weighted by Crippen LogP contribution is -2.18. The van der Waals surface area contributed by atoms with E-state index in [1.165, 1.54) is 6.08 Å². The lowest BCUT2D eigenvalue weighted by molar-refractivity contribution is -0.131. The molecule has 18 heavy (non-hydrogen) atoms. The number of carboxylic acid groups (broad SMARTS) is 1. The summed E-state index contributed by atoms with van der Waals surface area (Å²) < 4.78 is 0. The average Bonchev–Trinajstić information content (AvgIpc) is 2.33. The Kier molecular flexibility index (Phi) is 5.18. The molecule has 0 heterocycles. The van der Waals surface area contributed by atoms with E-state index in [0.29, 0.717) is 0 Å². The van der Waals surface area contributed by atoms with E-state index in [1.54, 1.807) is 6.08 Å². The minimum atomic E-state index is -0.934. The Bertz CT molecular complexity index is 464. The third kappa shape index (κ3) is 4.09. The van der Waals surface area contributed by atoms with Gasteiger partial charge in [0.1, 0.15) is 0 Å². The highest BCUT2D eigenvalue weighted by Gasteiger charge is 2.05. The van der Waals surface area contributed by atoms with Crippen molar-refractivity contribution in [3.05, 3.63) is 48.1 Å². The number of aliphatic carboxylic acids is 1. The maximum absolute atomic E-state index is 10.6. The summed E-state index contributed by atoms with van der Waals surface area (Å²) in [5.41, 5.74) is 3.06. The van der Waals surface area contributed by atoms with E-state index < -0.39 is 5.97 Å². The Morgan fingerprint density at radius 2 is 2.22 bits per heavy atom. The highest BCUT2D eigenvalue weighted by Crippen LogP contribution is 2.22. The predicted octanol–water partition coefficient (Wildman–Crippen LogP) is 3.11. The second-order valence-electron chi connectivity index (χ2n) is 4.23. The van der Waals surface area contributed by atoms with Crippen LogP contribution in [-0.4, -0.2) is 24.7 Å². The monoisotopic (exact) mass is 245 g/mol. The average molecular weight is 245 g/mol. The van der Waals surface area contributed by atoms with Gasteiger partial charge in [0.2, 0.25) is 0 Å². The Labute approximate surface area is 108 Å². The molecule has 0 aliphatic carbocycles. The normalized spacial score (nSPS) is 10.6. The first kappa shape index (κ1) is 14.0. The summed E-state index contributed by atoms with van der Waals surface area (Å²) in [6, 6.07) is 6.02. The Morgan fingerprint density at radius 1 is 1.50 bits per heavy atom. The van der Waals surface area contributed by atoms with Crippen molar-refractivity contribution in [1.29, 1.82) is 0 Å². The fourth-order valence-electron chi connectivity index (χ4n) is 1.72. The van der Waals surface area contributed by atoms with Crippen LogP contribution in [0.4, 0.5) is 5.69 Å². The molecule has 0 aromatic heterocycles. The molecule has 0 spiro atoms. The molecular weight excluding hydrogens is 226 g/mol. The summed E-state index contributed by atoms with van der Waals surface area (Å²) in [7, 11) is 1.99. The standard InChI is InChI=1S/C15H19NO2/c1-4-5-10-16(3)14-8-6-12(2)11-13(14)7-9-15(17)18/h4,6-9,11H,1,5,10H2,2-3H3,(H,17,18)/b9-7+. The van der Waals surface area contributed by atoms with Gasteiger partial charge in [0.15, 0.2) is 0 Å². The molecule has 3 heteroatoms. The SMILES string of the molecule is C=CCCN(C)c1ccc(C)cc1/C=C/C(=O)O. The zero-order valence-corrected chi connectivity index (χ0v) is 10.9. The summed E-state index contributed by atoms with van der Waals surface area (Å²) in [5, 5.41) is 8.70. The third-order valence-corrected chi connectivity index (χ3v) is 2.67. The van der Waals surface area contributed by atoms with Gasteiger partial charge in [0, 0.05) is 25.4 Å². The second-order valence-corrected chi connectivity index (χ2v) is 4.23. The number of aryl methyl sites for hydroxylation is 1. The van der Waals surface area contributed by atoms with Crippen molar-refractivity contribution in [3.8, 4) is 0 Å². The number of carbonyl (C=O) groups is 1. The lowest BCUT2D eigenvalue weighted by Gasteiger charge is -2.21. The number of hydrogen-bond acceptors (Lipinski definition) is 2. The zero-order chi connectivity index (χ0) is 13.5. The smallest absolute Gasteiger partial charge is 0.328 e. The molecule has 1 aromatic carbocycles. The molecule has 0 aliphatic rings. The van der Waals surface area contributed by atoms with E-state index in [4.69, 9.17) is 5.11 Å². The molecule has 0 radical (unpaired) electrons. The van der Waals surface area contributed by atoms with Crippen molar-refractivity contribution in [2.24, 2.45) is 0 Å². The first-order valence-electron chi connectivity index (χ1n) is 5.88. The number of benzene rings is 1. The van der Waals surface area contributed by atoms with Crippen LogP contribution in [0.5, 0.6) is 0 Å². The van der Waals surface area contributed by atoms with E-state index in [9.17, 15) is 4.79 Å². The van der Waals surface area contributed by atoms with Gasteiger partial charge in [0.05, 0.1) is 0 Å². The van der Waals surface area contributed by atoms with Crippen LogP contribution in [0.15, 0.2) is 36.9 Å². The topological polar surface area (TPSA) is 40.5 Å². The van der Waals surface area contributed by atoms with Gasteiger partial charge in [-0.1, -0.05) is 17.7 Å². The summed E-state index contributed by atoms with van der Waals surface area (Å²) >= 11 is 0. The molecule has 0 saturated carbocycles. The fraction of sp³-hybridized carbons (Fsp3) is 0.267. The van der Waals surface area contributed by atoms with Crippen LogP contribution in [0.3, 0.4) is 0 Å². The van der Waals surface area contributed by atoms with Gasteiger partial charge in [-0.2, -0.15) is 0 Å². The third-order valence-electron chi connectivity index (χ3n) is 2.67. The quantitative estimate of drug-likeness (QED) is 0.618. The molecule has 1 N–H and O–H groups in total. The molecule has 96 valence electrons. The van der Waals surface area contributed by atoms with Gasteiger partial charge in [-0.15, -0.1) is 6.58 Å². The van der Waals surface area contributed by atoms with Gasteiger partial charge in [-0.3, -0.25) is 0 Å². The zero-order valence-electron chi connectivity index (χ0n) is 10.9. The van der Waals surface area contributed by atoms with Crippen LogP contribution in [-0.2, 0) is 4.79 Å². The Balaban J connectivity index is 3.02. The molecule has 1 rings (SSSR count).